The van der Waals surface area contributed by atoms with Crippen LogP contribution in [0.4, 0.5) is 0 Å². The molecule has 0 aliphatic heterocycles. The van der Waals surface area contributed by atoms with Crippen LogP contribution >= 0.6 is 0 Å². The maximum absolute atomic E-state index is 12.2. The smallest absolute Gasteiger partial charge is 0.243 e. The van der Waals surface area contributed by atoms with E-state index in [1.165, 1.54) is 18.3 Å². The van der Waals surface area contributed by atoms with Crippen LogP contribution in [-0.2, 0) is 10.0 Å². The highest BCUT2D eigenvalue weighted by atomic mass is 32.2. The second-order valence-corrected chi connectivity index (χ2v) is 7.04. The third-order valence-corrected chi connectivity index (χ3v) is 5.10. The summed E-state index contributed by atoms with van der Waals surface area (Å²) < 4.78 is 27.0. The molecule has 6 heteroatoms. The molecule has 1 fully saturated rings. The summed E-state index contributed by atoms with van der Waals surface area (Å²) in [5.41, 5.74) is -0.0335. The van der Waals surface area contributed by atoms with Crippen LogP contribution in [0.5, 0.6) is 0 Å². The van der Waals surface area contributed by atoms with Gasteiger partial charge in [0.25, 0.3) is 0 Å². The van der Waals surface area contributed by atoms with Gasteiger partial charge in [0.05, 0.1) is 0 Å². The number of hydrogen-bond acceptors (Lipinski definition) is 4. The van der Waals surface area contributed by atoms with Crippen molar-refractivity contribution in [3.8, 4) is 6.07 Å². The van der Waals surface area contributed by atoms with E-state index in [9.17, 15) is 8.42 Å². The Labute approximate surface area is 113 Å². The van der Waals surface area contributed by atoms with E-state index >= 15 is 0 Å². The molecule has 1 saturated carbocycles. The minimum absolute atomic E-state index is 0.0298. The molecule has 102 valence electrons. The van der Waals surface area contributed by atoms with Crippen LogP contribution in [0.25, 0.3) is 0 Å². The highest BCUT2D eigenvalue weighted by Gasteiger charge is 2.30. The average molecular weight is 279 g/mol. The minimum Gasteiger partial charge on any atom is -0.244 e. The first-order chi connectivity index (χ1) is 8.97. The average Bonchev–Trinajstić information content (AvgIpc) is 2.84. The normalized spacial score (nSPS) is 18.1. The van der Waals surface area contributed by atoms with Gasteiger partial charge < -0.3 is 0 Å². The molecule has 1 aliphatic rings. The number of aromatic nitrogens is 1. The Bertz CT molecular complexity index is 599. The van der Waals surface area contributed by atoms with Gasteiger partial charge in [-0.25, -0.2) is 18.1 Å². The van der Waals surface area contributed by atoms with Gasteiger partial charge in [0, 0.05) is 12.7 Å². The summed E-state index contributed by atoms with van der Waals surface area (Å²) in [6.07, 6.45) is 5.78. The largest absolute Gasteiger partial charge is 0.244 e. The first-order valence-electron chi connectivity index (χ1n) is 6.32. The lowest BCUT2D eigenvalue weighted by atomic mass is 9.89. The van der Waals surface area contributed by atoms with E-state index in [0.717, 1.165) is 25.7 Å². The number of pyridine rings is 1. The molecule has 1 N–H and O–H groups in total. The number of rotatable bonds is 4. The Morgan fingerprint density at radius 3 is 2.79 bits per heavy atom. The maximum Gasteiger partial charge on any atom is 0.243 e. The van der Waals surface area contributed by atoms with Crippen LogP contribution in [0.15, 0.2) is 23.2 Å². The molecule has 0 saturated heterocycles. The molecule has 0 atom stereocenters. The van der Waals surface area contributed by atoms with Crippen LogP contribution in [0.1, 0.15) is 38.3 Å². The van der Waals surface area contributed by atoms with Crippen LogP contribution in [-0.4, -0.2) is 19.9 Å². The molecule has 0 bridgehead atoms. The van der Waals surface area contributed by atoms with Crippen molar-refractivity contribution < 1.29 is 8.42 Å². The SMILES string of the molecule is CC1(CNS(=O)(=O)c2cccnc2C#N)CCCC1. The van der Waals surface area contributed by atoms with Gasteiger partial charge >= 0.3 is 0 Å². The van der Waals surface area contributed by atoms with E-state index in [4.69, 9.17) is 5.26 Å². The van der Waals surface area contributed by atoms with Crippen LogP contribution in [0.3, 0.4) is 0 Å². The predicted octanol–water partition coefficient (Wildman–Crippen LogP) is 1.81. The lowest BCUT2D eigenvalue weighted by Gasteiger charge is -2.23. The molecule has 1 aromatic rings. The zero-order valence-corrected chi connectivity index (χ0v) is 11.7. The van der Waals surface area contributed by atoms with Gasteiger partial charge in [-0.15, -0.1) is 0 Å². The molecule has 0 amide bonds. The van der Waals surface area contributed by atoms with Gasteiger partial charge in [0.15, 0.2) is 5.69 Å². The molecular formula is C13H17N3O2S. The van der Waals surface area contributed by atoms with E-state index in [2.05, 4.69) is 16.6 Å². The molecular weight excluding hydrogens is 262 g/mol. The quantitative estimate of drug-likeness (QED) is 0.911. The van der Waals surface area contributed by atoms with Crippen molar-refractivity contribution in [3.63, 3.8) is 0 Å². The highest BCUT2D eigenvalue weighted by Crippen LogP contribution is 2.37. The third kappa shape index (κ3) is 3.11. The molecule has 1 heterocycles. The molecule has 2 rings (SSSR count). The van der Waals surface area contributed by atoms with Crippen molar-refractivity contribution in [2.75, 3.05) is 6.54 Å². The van der Waals surface area contributed by atoms with Crippen molar-refractivity contribution in [3.05, 3.63) is 24.0 Å². The summed E-state index contributed by atoms with van der Waals surface area (Å²) in [5.74, 6) is 0. The summed E-state index contributed by atoms with van der Waals surface area (Å²) in [6.45, 7) is 2.51. The second kappa shape index (κ2) is 5.27. The zero-order valence-electron chi connectivity index (χ0n) is 10.9. The summed E-state index contributed by atoms with van der Waals surface area (Å²) in [7, 11) is -3.66. The van der Waals surface area contributed by atoms with Gasteiger partial charge in [-0.3, -0.25) is 0 Å². The van der Waals surface area contributed by atoms with Crippen LogP contribution in [0.2, 0.25) is 0 Å². The van der Waals surface area contributed by atoms with E-state index in [1.807, 2.05) is 6.07 Å². The fourth-order valence-corrected chi connectivity index (χ4v) is 3.75. The van der Waals surface area contributed by atoms with Crippen molar-refractivity contribution >= 4 is 10.0 Å². The molecule has 0 unspecified atom stereocenters. The summed E-state index contributed by atoms with van der Waals surface area (Å²) in [5, 5.41) is 8.91. The van der Waals surface area contributed by atoms with Crippen molar-refractivity contribution in [1.29, 1.82) is 5.26 Å². The van der Waals surface area contributed by atoms with E-state index in [-0.39, 0.29) is 16.0 Å². The first-order valence-corrected chi connectivity index (χ1v) is 7.80. The topological polar surface area (TPSA) is 82.8 Å². The molecule has 1 aromatic heterocycles. The Morgan fingerprint density at radius 2 is 2.16 bits per heavy atom. The van der Waals surface area contributed by atoms with E-state index in [1.54, 1.807) is 0 Å². The number of nitrogens with zero attached hydrogens (tertiary/aromatic N) is 2. The lowest BCUT2D eigenvalue weighted by molar-refractivity contribution is 0.336. The van der Waals surface area contributed by atoms with Gasteiger partial charge in [0.2, 0.25) is 10.0 Å². The molecule has 19 heavy (non-hydrogen) atoms. The van der Waals surface area contributed by atoms with Crippen LogP contribution < -0.4 is 4.72 Å². The number of sulfonamides is 1. The van der Waals surface area contributed by atoms with Gasteiger partial charge in [-0.05, 0) is 30.4 Å². The Hall–Kier alpha value is -1.45. The first kappa shape index (κ1) is 14.0. The zero-order chi connectivity index (χ0) is 13.9. The second-order valence-electron chi connectivity index (χ2n) is 5.30. The summed E-state index contributed by atoms with van der Waals surface area (Å²) in [4.78, 5) is 3.74. The Balaban J connectivity index is 2.17. The fraction of sp³-hybridized carbons (Fsp3) is 0.538. The number of nitriles is 1. The molecule has 0 aromatic carbocycles. The maximum atomic E-state index is 12.2. The van der Waals surface area contributed by atoms with Gasteiger partial charge in [0.1, 0.15) is 11.0 Å². The van der Waals surface area contributed by atoms with E-state index in [0.29, 0.717) is 6.54 Å². The molecule has 5 nitrogen and oxygen atoms in total. The van der Waals surface area contributed by atoms with Crippen molar-refractivity contribution in [2.24, 2.45) is 5.41 Å². The minimum atomic E-state index is -3.66. The van der Waals surface area contributed by atoms with Crippen molar-refractivity contribution in [1.82, 2.24) is 9.71 Å². The summed E-state index contributed by atoms with van der Waals surface area (Å²) >= 11 is 0. The predicted molar refractivity (Wildman–Crippen MR) is 70.7 cm³/mol. The third-order valence-electron chi connectivity index (χ3n) is 3.67. The fourth-order valence-electron chi connectivity index (χ4n) is 2.44. The highest BCUT2D eigenvalue weighted by molar-refractivity contribution is 7.89. The van der Waals surface area contributed by atoms with E-state index < -0.39 is 10.0 Å². The van der Waals surface area contributed by atoms with Gasteiger partial charge in [-0.1, -0.05) is 19.8 Å². The molecule has 0 spiro atoms. The summed E-state index contributed by atoms with van der Waals surface area (Å²) in [6, 6.07) is 4.74. The van der Waals surface area contributed by atoms with Crippen molar-refractivity contribution in [2.45, 2.75) is 37.5 Å². The van der Waals surface area contributed by atoms with Crippen LogP contribution in [0, 0.1) is 16.7 Å². The number of hydrogen-bond donors (Lipinski definition) is 1. The number of nitrogens with one attached hydrogen (secondary N) is 1. The Kier molecular flexibility index (Phi) is 3.88. The molecule has 1 aliphatic carbocycles. The lowest BCUT2D eigenvalue weighted by Crippen LogP contribution is -2.34. The Morgan fingerprint density at radius 1 is 1.47 bits per heavy atom. The molecule has 0 radical (unpaired) electrons. The van der Waals surface area contributed by atoms with Gasteiger partial charge in [-0.2, -0.15) is 5.26 Å². The monoisotopic (exact) mass is 279 g/mol. The standard InChI is InChI=1S/C13H17N3O2S/c1-13(6-2-3-7-13)10-16-19(17,18)12-5-4-8-15-11(12)9-14/h4-5,8,16H,2-3,6-7,10H2,1H3.